The fraction of sp³-hybridized carbons (Fsp3) is 0.235. The van der Waals surface area contributed by atoms with E-state index in [1.54, 1.807) is 20.8 Å². The summed E-state index contributed by atoms with van der Waals surface area (Å²) in [7, 11) is 0. The van der Waals surface area contributed by atoms with Crippen molar-refractivity contribution in [2.75, 3.05) is 0 Å². The fourth-order valence-corrected chi connectivity index (χ4v) is 1.06. The molecule has 1 N–H and O–H groups in total. The van der Waals surface area contributed by atoms with Crippen LogP contribution in [0.4, 0.5) is 0 Å². The van der Waals surface area contributed by atoms with Crippen LogP contribution in [0.15, 0.2) is 66.7 Å². The molecule has 0 bridgehead atoms. The molecule has 102 valence electrons. The quantitative estimate of drug-likeness (QED) is 0.786. The number of aliphatic hydroxyl groups excluding tert-OH is 1. The molecule has 19 heavy (non-hydrogen) atoms. The monoisotopic (exact) mass is 258 g/mol. The van der Waals surface area contributed by atoms with Crippen molar-refractivity contribution in [3.63, 3.8) is 0 Å². The van der Waals surface area contributed by atoms with Crippen LogP contribution in [0.25, 0.3) is 0 Å². The van der Waals surface area contributed by atoms with Gasteiger partial charge >= 0.3 is 0 Å². The molecule has 0 heterocycles. The lowest BCUT2D eigenvalue weighted by Gasteiger charge is -1.89. The zero-order valence-corrected chi connectivity index (χ0v) is 11.8. The molecule has 2 nitrogen and oxygen atoms in total. The molecule has 0 aromatic heterocycles. The zero-order valence-electron chi connectivity index (χ0n) is 11.8. The van der Waals surface area contributed by atoms with Crippen molar-refractivity contribution in [3.05, 3.63) is 72.3 Å². The van der Waals surface area contributed by atoms with E-state index < -0.39 is 0 Å². The Kier molecular flexibility index (Phi) is 10.0. The third-order valence-electron chi connectivity index (χ3n) is 1.85. The Morgan fingerprint density at radius 1 is 0.842 bits per heavy atom. The lowest BCUT2D eigenvalue weighted by Crippen LogP contribution is -1.88. The lowest BCUT2D eigenvalue weighted by atomic mass is 10.2. The van der Waals surface area contributed by atoms with Crippen LogP contribution in [0.1, 0.15) is 31.1 Å². The van der Waals surface area contributed by atoms with Gasteiger partial charge in [-0.2, -0.15) is 0 Å². The summed E-state index contributed by atoms with van der Waals surface area (Å²) in [6, 6.07) is 21.2. The Morgan fingerprint density at radius 3 is 1.32 bits per heavy atom. The normalized spacial score (nSPS) is 8.68. The number of benzene rings is 2. The van der Waals surface area contributed by atoms with Gasteiger partial charge in [-0.05, 0) is 20.8 Å². The lowest BCUT2D eigenvalue weighted by molar-refractivity contribution is 0.101. The highest BCUT2D eigenvalue weighted by molar-refractivity contribution is 5.93. The first-order valence-corrected chi connectivity index (χ1v) is 6.28. The SMILES string of the molecule is CC(=O)c1ccccc1.CC(C)O.c1ccccc1. The smallest absolute Gasteiger partial charge is 0.159 e. The number of hydrogen-bond acceptors (Lipinski definition) is 2. The van der Waals surface area contributed by atoms with Gasteiger partial charge in [0.05, 0.1) is 0 Å². The summed E-state index contributed by atoms with van der Waals surface area (Å²) in [5, 5.41) is 8.06. The first-order valence-electron chi connectivity index (χ1n) is 6.28. The molecule has 2 aromatic rings. The highest BCUT2D eigenvalue weighted by Gasteiger charge is 1.92. The zero-order chi connectivity index (χ0) is 14.5. The van der Waals surface area contributed by atoms with E-state index in [2.05, 4.69) is 0 Å². The number of aliphatic hydroxyl groups is 1. The van der Waals surface area contributed by atoms with Gasteiger partial charge in [-0.3, -0.25) is 4.79 Å². The van der Waals surface area contributed by atoms with Crippen LogP contribution in [-0.4, -0.2) is 17.0 Å². The van der Waals surface area contributed by atoms with Gasteiger partial charge in [0.15, 0.2) is 5.78 Å². The molecule has 0 atom stereocenters. The molecular weight excluding hydrogens is 236 g/mol. The van der Waals surface area contributed by atoms with Gasteiger partial charge in [0.25, 0.3) is 0 Å². The van der Waals surface area contributed by atoms with Crippen molar-refractivity contribution < 1.29 is 9.90 Å². The standard InChI is InChI=1S/C8H8O.C6H6.C3H8O/c1-7(9)8-5-3-2-4-6-8;1-2-4-6-5-3-1;1-3(2)4/h2-6H,1H3;1-6H;3-4H,1-2H3. The first kappa shape index (κ1) is 17.1. The summed E-state index contributed by atoms with van der Waals surface area (Å²) in [6.07, 6.45) is -0.167. The predicted molar refractivity (Wildman–Crippen MR) is 80.2 cm³/mol. The molecule has 0 aliphatic rings. The molecule has 0 aliphatic heterocycles. The minimum atomic E-state index is -0.167. The predicted octanol–water partition coefficient (Wildman–Crippen LogP) is 3.96. The van der Waals surface area contributed by atoms with Crippen molar-refractivity contribution in [3.8, 4) is 0 Å². The number of rotatable bonds is 1. The molecule has 2 aromatic carbocycles. The Labute approximate surface area is 115 Å². The van der Waals surface area contributed by atoms with Crippen molar-refractivity contribution in [1.29, 1.82) is 0 Å². The Hall–Kier alpha value is -1.93. The molecule has 2 rings (SSSR count). The van der Waals surface area contributed by atoms with Gasteiger partial charge in [0.1, 0.15) is 0 Å². The maximum Gasteiger partial charge on any atom is 0.159 e. The topological polar surface area (TPSA) is 37.3 Å². The molecular formula is C17H22O2. The van der Waals surface area contributed by atoms with Gasteiger partial charge < -0.3 is 5.11 Å². The van der Waals surface area contributed by atoms with Crippen molar-refractivity contribution in [2.45, 2.75) is 26.9 Å². The highest BCUT2D eigenvalue weighted by atomic mass is 16.3. The number of carbonyl (C=O) groups excluding carboxylic acids is 1. The summed E-state index contributed by atoms with van der Waals surface area (Å²) in [4.78, 5) is 10.6. The van der Waals surface area contributed by atoms with Gasteiger partial charge in [-0.25, -0.2) is 0 Å². The summed E-state index contributed by atoms with van der Waals surface area (Å²) in [5.74, 6) is 0.121. The van der Waals surface area contributed by atoms with Crippen LogP contribution >= 0.6 is 0 Å². The minimum Gasteiger partial charge on any atom is -0.394 e. The minimum absolute atomic E-state index is 0.121. The van der Waals surface area contributed by atoms with E-state index in [0.29, 0.717) is 0 Å². The van der Waals surface area contributed by atoms with Crippen molar-refractivity contribution >= 4 is 5.78 Å². The van der Waals surface area contributed by atoms with Crippen LogP contribution in [0, 0.1) is 0 Å². The second-order valence-corrected chi connectivity index (χ2v) is 4.17. The summed E-state index contributed by atoms with van der Waals surface area (Å²) in [5.41, 5.74) is 0.775. The molecule has 0 aliphatic carbocycles. The third-order valence-corrected chi connectivity index (χ3v) is 1.85. The average molecular weight is 258 g/mol. The molecule has 0 fully saturated rings. The summed E-state index contributed by atoms with van der Waals surface area (Å²) >= 11 is 0. The molecule has 0 saturated heterocycles. The van der Waals surface area contributed by atoms with Crippen LogP contribution < -0.4 is 0 Å². The van der Waals surface area contributed by atoms with E-state index in [1.807, 2.05) is 66.7 Å². The van der Waals surface area contributed by atoms with E-state index in [-0.39, 0.29) is 11.9 Å². The van der Waals surface area contributed by atoms with E-state index >= 15 is 0 Å². The molecule has 2 heteroatoms. The number of carbonyl (C=O) groups is 1. The van der Waals surface area contributed by atoms with Gasteiger partial charge in [-0.15, -0.1) is 0 Å². The molecule has 0 saturated carbocycles. The molecule has 0 unspecified atom stereocenters. The van der Waals surface area contributed by atoms with E-state index in [1.165, 1.54) is 0 Å². The molecule has 0 amide bonds. The first-order chi connectivity index (χ1) is 9.04. The second kappa shape index (κ2) is 11.2. The second-order valence-electron chi connectivity index (χ2n) is 4.17. The third kappa shape index (κ3) is 12.3. The van der Waals surface area contributed by atoms with Crippen LogP contribution in [0.3, 0.4) is 0 Å². The van der Waals surface area contributed by atoms with E-state index in [9.17, 15) is 4.79 Å². The average Bonchev–Trinajstić information content (AvgIpc) is 2.42. The van der Waals surface area contributed by atoms with Crippen LogP contribution in [0.2, 0.25) is 0 Å². The number of ketones is 1. The van der Waals surface area contributed by atoms with Crippen molar-refractivity contribution in [2.24, 2.45) is 0 Å². The Bertz CT molecular complexity index is 392. The highest BCUT2D eigenvalue weighted by Crippen LogP contribution is 1.97. The van der Waals surface area contributed by atoms with Crippen LogP contribution in [-0.2, 0) is 0 Å². The van der Waals surface area contributed by atoms with Gasteiger partial charge in [0.2, 0.25) is 0 Å². The van der Waals surface area contributed by atoms with Gasteiger partial charge in [0, 0.05) is 11.7 Å². The van der Waals surface area contributed by atoms with E-state index in [4.69, 9.17) is 5.11 Å². The summed E-state index contributed by atoms with van der Waals surface area (Å²) < 4.78 is 0. The maximum atomic E-state index is 10.6. The molecule has 0 radical (unpaired) electrons. The Morgan fingerprint density at radius 2 is 1.11 bits per heavy atom. The van der Waals surface area contributed by atoms with E-state index in [0.717, 1.165) is 5.56 Å². The Balaban J connectivity index is 0.000000281. The largest absolute Gasteiger partial charge is 0.394 e. The maximum absolute atomic E-state index is 10.6. The number of Topliss-reactive ketones (excluding diaryl/α,β-unsaturated/α-hetero) is 1. The van der Waals surface area contributed by atoms with Crippen molar-refractivity contribution in [1.82, 2.24) is 0 Å². The van der Waals surface area contributed by atoms with Crippen LogP contribution in [0.5, 0.6) is 0 Å². The molecule has 0 spiro atoms. The number of hydrogen-bond donors (Lipinski definition) is 1. The van der Waals surface area contributed by atoms with Gasteiger partial charge in [-0.1, -0.05) is 66.7 Å². The summed E-state index contributed by atoms with van der Waals surface area (Å²) in [6.45, 7) is 5.01. The fourth-order valence-electron chi connectivity index (χ4n) is 1.06.